The number of aldehydes is 1. The summed E-state index contributed by atoms with van der Waals surface area (Å²) in [6.45, 7) is 3.79. The van der Waals surface area contributed by atoms with Crippen molar-refractivity contribution in [1.29, 1.82) is 0 Å². The van der Waals surface area contributed by atoms with Crippen molar-refractivity contribution < 1.29 is 69.8 Å². The number of nitrogens with zero attached hydrogens (tertiary/aromatic N) is 2. The number of ether oxygens (including phenoxy) is 6. The van der Waals surface area contributed by atoms with Gasteiger partial charge in [0, 0.05) is 24.6 Å². The molecule has 0 aliphatic heterocycles. The Balaban J connectivity index is 0.0000110. The lowest BCUT2D eigenvalue weighted by Gasteiger charge is -2.18. The van der Waals surface area contributed by atoms with Crippen LogP contribution < -0.4 is 5.32 Å². The second kappa shape index (κ2) is 23.0. The van der Waals surface area contributed by atoms with Gasteiger partial charge in [0.2, 0.25) is 5.91 Å². The first-order valence-electron chi connectivity index (χ1n) is 14.1. The van der Waals surface area contributed by atoms with Crippen molar-refractivity contribution >= 4 is 18.3 Å². The molecule has 13 nitrogen and oxygen atoms in total. The van der Waals surface area contributed by atoms with Gasteiger partial charge in [0.25, 0.3) is 0 Å². The maximum atomic E-state index is 13.7. The van der Waals surface area contributed by atoms with Crippen LogP contribution >= 0.6 is 0 Å². The fraction of sp³-hybridized carbons (Fsp3) is 0.571. The number of aromatic nitrogens is 3. The minimum atomic E-state index is -5.15. The molecular weight excluding hydrogens is 650 g/mol. The number of rotatable bonds is 24. The van der Waals surface area contributed by atoms with Crippen molar-refractivity contribution in [2.75, 3.05) is 85.8 Å². The average molecular weight is 689 g/mol. The number of carbonyl (C=O) groups excluding carboxylic acids is 2. The molecule has 0 unspecified atom stereocenters. The van der Waals surface area contributed by atoms with Crippen molar-refractivity contribution in [3.8, 4) is 11.3 Å². The molecule has 0 bridgehead atoms. The van der Waals surface area contributed by atoms with Crippen LogP contribution in [0.2, 0.25) is 0 Å². The van der Waals surface area contributed by atoms with Crippen LogP contribution in [0.3, 0.4) is 0 Å². The Labute approximate surface area is 266 Å². The number of halogens is 6. The number of hydrogen-bond donors (Lipinski definition) is 2. The molecule has 0 spiro atoms. The number of amides is 1. The number of nitrogens with one attached hydrogen (secondary N) is 2. The highest BCUT2D eigenvalue weighted by atomic mass is 19.4. The van der Waals surface area contributed by atoms with E-state index in [2.05, 4.69) is 20.7 Å². The number of hydrogen-bond acceptors (Lipinski definition) is 10. The lowest BCUT2D eigenvalue weighted by Crippen LogP contribution is -2.26. The van der Waals surface area contributed by atoms with Gasteiger partial charge in [-0.1, -0.05) is 0 Å². The highest BCUT2D eigenvalue weighted by molar-refractivity contribution is 5.92. The van der Waals surface area contributed by atoms with Gasteiger partial charge in [0.15, 0.2) is 0 Å². The second-order valence-electron chi connectivity index (χ2n) is 9.09. The fourth-order valence-electron chi connectivity index (χ4n) is 3.59. The lowest BCUT2D eigenvalue weighted by atomic mass is 9.95. The Morgan fingerprint density at radius 2 is 1.19 bits per heavy atom. The van der Waals surface area contributed by atoms with E-state index in [9.17, 15) is 35.9 Å². The Kier molecular flexibility index (Phi) is 20.3. The summed E-state index contributed by atoms with van der Waals surface area (Å²) in [7, 11) is 0. The van der Waals surface area contributed by atoms with E-state index in [4.69, 9.17) is 28.4 Å². The zero-order valence-corrected chi connectivity index (χ0v) is 25.3. The third-order valence-electron chi connectivity index (χ3n) is 5.69. The van der Waals surface area contributed by atoms with Crippen LogP contribution in [-0.2, 0) is 50.4 Å². The summed E-state index contributed by atoms with van der Waals surface area (Å²) >= 11 is 0. The molecule has 1 amide bonds. The van der Waals surface area contributed by atoms with Crippen molar-refractivity contribution in [3.05, 3.63) is 41.1 Å². The molecule has 0 radical (unpaired) electrons. The zero-order valence-electron chi connectivity index (χ0n) is 25.3. The van der Waals surface area contributed by atoms with E-state index in [1.54, 1.807) is 0 Å². The van der Waals surface area contributed by atoms with Gasteiger partial charge in [0.1, 0.15) is 12.0 Å². The van der Waals surface area contributed by atoms with E-state index in [-0.39, 0.29) is 37.5 Å². The molecule has 0 saturated heterocycles. The maximum absolute atomic E-state index is 13.7. The number of benzene rings is 1. The molecule has 0 aliphatic rings. The first-order valence-corrected chi connectivity index (χ1v) is 14.1. The van der Waals surface area contributed by atoms with Crippen LogP contribution in [0.5, 0.6) is 0 Å². The standard InChI is InChI=1S/C28H36F6N4O8.H2O/c29-27(30,31)23-18-21(25-20-36-38-37-25)19-24(28(32,33)34)22(23)2-3-26(40)35-4-7-42-9-11-44-13-15-46-17-16-45-14-12-43-10-8-41-6-1-5-39;/h2-3,5,18-20H,1,4,6-17H2,(H,35,40)(H,36,37,38);1H2/b3-2+;. The predicted molar refractivity (Wildman–Crippen MR) is 153 cm³/mol. The van der Waals surface area contributed by atoms with Gasteiger partial charge in [-0.2, -0.15) is 41.8 Å². The molecule has 1 heterocycles. The van der Waals surface area contributed by atoms with E-state index in [0.717, 1.165) is 12.5 Å². The molecule has 0 saturated carbocycles. The van der Waals surface area contributed by atoms with Gasteiger partial charge in [-0.15, -0.1) is 0 Å². The molecule has 0 aliphatic carbocycles. The Morgan fingerprint density at radius 3 is 1.60 bits per heavy atom. The van der Waals surface area contributed by atoms with Crippen molar-refractivity contribution in [2.24, 2.45) is 0 Å². The van der Waals surface area contributed by atoms with Crippen molar-refractivity contribution in [3.63, 3.8) is 0 Å². The van der Waals surface area contributed by atoms with Crippen LogP contribution in [0, 0.1) is 0 Å². The molecule has 1 aromatic heterocycles. The maximum Gasteiger partial charge on any atom is 0.417 e. The Hall–Kier alpha value is -3.46. The molecule has 0 atom stereocenters. The molecule has 266 valence electrons. The van der Waals surface area contributed by atoms with Gasteiger partial charge < -0.3 is 44.0 Å². The molecular formula is C28H38F6N4O9. The van der Waals surface area contributed by atoms with E-state index < -0.39 is 40.5 Å². The highest BCUT2D eigenvalue weighted by Gasteiger charge is 2.41. The first kappa shape index (κ1) is 41.6. The summed E-state index contributed by atoms with van der Waals surface area (Å²) in [6, 6.07) is 1.03. The Morgan fingerprint density at radius 1 is 0.745 bits per heavy atom. The summed E-state index contributed by atoms with van der Waals surface area (Å²) < 4.78 is 114. The minimum absolute atomic E-state index is 0. The SMILES string of the molecule is O.O=CCCOCCOCCOCCOCCOCCOCCNC(=O)/C=C/c1c(C(F)(F)F)cc(-c2cn[nH]n2)cc1C(F)(F)F. The van der Waals surface area contributed by atoms with Gasteiger partial charge in [0.05, 0.1) is 96.6 Å². The van der Waals surface area contributed by atoms with Crippen LogP contribution in [0.4, 0.5) is 26.3 Å². The summed E-state index contributed by atoms with van der Waals surface area (Å²) in [5.41, 5.74) is -5.03. The van der Waals surface area contributed by atoms with Crippen LogP contribution in [-0.4, -0.2) is 119 Å². The van der Waals surface area contributed by atoms with E-state index in [1.807, 2.05) is 0 Å². The van der Waals surface area contributed by atoms with E-state index in [1.165, 1.54) is 0 Å². The smallest absolute Gasteiger partial charge is 0.412 e. The number of carbonyl (C=O) groups is 2. The monoisotopic (exact) mass is 688 g/mol. The van der Waals surface area contributed by atoms with Gasteiger partial charge in [-0.3, -0.25) is 4.79 Å². The third kappa shape index (κ3) is 17.3. The lowest BCUT2D eigenvalue weighted by molar-refractivity contribution is -0.143. The highest BCUT2D eigenvalue weighted by Crippen LogP contribution is 2.42. The second-order valence-corrected chi connectivity index (χ2v) is 9.09. The largest absolute Gasteiger partial charge is 0.417 e. The zero-order chi connectivity index (χ0) is 33.7. The Bertz CT molecular complexity index is 1150. The predicted octanol–water partition coefficient (Wildman–Crippen LogP) is 2.50. The van der Waals surface area contributed by atoms with Gasteiger partial charge >= 0.3 is 12.4 Å². The topological polar surface area (TPSA) is 175 Å². The van der Waals surface area contributed by atoms with Crippen molar-refractivity contribution in [2.45, 2.75) is 18.8 Å². The number of H-pyrrole nitrogens is 1. The molecule has 2 rings (SSSR count). The van der Waals surface area contributed by atoms with Crippen LogP contribution in [0.15, 0.2) is 24.4 Å². The van der Waals surface area contributed by atoms with Crippen LogP contribution in [0.1, 0.15) is 23.1 Å². The first-order chi connectivity index (χ1) is 22.0. The molecule has 4 N–H and O–H groups in total. The molecule has 47 heavy (non-hydrogen) atoms. The van der Waals surface area contributed by atoms with Crippen molar-refractivity contribution in [1.82, 2.24) is 20.7 Å². The number of aromatic amines is 1. The summed E-state index contributed by atoms with van der Waals surface area (Å²) in [5.74, 6) is -0.910. The van der Waals surface area contributed by atoms with Crippen LogP contribution in [0.25, 0.3) is 17.3 Å². The fourth-order valence-corrected chi connectivity index (χ4v) is 3.59. The van der Waals surface area contributed by atoms with Gasteiger partial charge in [-0.05, 0) is 23.8 Å². The minimum Gasteiger partial charge on any atom is -0.412 e. The molecule has 1 aromatic carbocycles. The van der Waals surface area contributed by atoms with E-state index in [0.29, 0.717) is 90.2 Å². The number of alkyl halides is 6. The van der Waals surface area contributed by atoms with Gasteiger partial charge in [-0.25, -0.2) is 0 Å². The molecule has 2 aromatic rings. The summed E-state index contributed by atoms with van der Waals surface area (Å²) in [5, 5.41) is 11.4. The molecule has 19 heteroatoms. The summed E-state index contributed by atoms with van der Waals surface area (Å²) in [6.07, 6.45) is -7.10. The average Bonchev–Trinajstić information content (AvgIpc) is 3.55. The molecule has 0 fully saturated rings. The summed E-state index contributed by atoms with van der Waals surface area (Å²) in [4.78, 5) is 22.2. The third-order valence-corrected chi connectivity index (χ3v) is 5.69. The van der Waals surface area contributed by atoms with E-state index >= 15 is 0 Å². The quantitative estimate of drug-likeness (QED) is 0.0722. The normalized spacial score (nSPS) is 12.0.